The molecule has 1 aliphatic heterocycles. The second-order valence-electron chi connectivity index (χ2n) is 4.32. The Hall–Kier alpha value is -0.630. The predicted molar refractivity (Wildman–Crippen MR) is 78.3 cm³/mol. The molecule has 0 aliphatic carbocycles. The van der Waals surface area contributed by atoms with Crippen LogP contribution in [0, 0.1) is 3.57 Å². The molecule has 1 N–H and O–H groups in total. The van der Waals surface area contributed by atoms with Gasteiger partial charge >= 0.3 is 0 Å². The van der Waals surface area contributed by atoms with Crippen LogP contribution in [0.5, 0.6) is 0 Å². The fraction of sp³-hybridized carbons (Fsp3) is 0.417. The molecule has 1 unspecified atom stereocenters. The first-order chi connectivity index (χ1) is 8.50. The van der Waals surface area contributed by atoms with Crippen LogP contribution in [-0.2, 0) is 9.84 Å². The fourth-order valence-corrected chi connectivity index (χ4v) is 4.43. The normalized spacial score (nSPS) is 21.7. The number of hydrogen-bond acceptors (Lipinski definition) is 3. The molecule has 1 saturated heterocycles. The van der Waals surface area contributed by atoms with Crippen LogP contribution >= 0.6 is 22.6 Å². The first kappa shape index (κ1) is 13.8. The highest BCUT2D eigenvalue weighted by atomic mass is 127. The van der Waals surface area contributed by atoms with Crippen LogP contribution in [0.3, 0.4) is 0 Å². The molecular weight excluding hydrogens is 365 g/mol. The zero-order valence-electron chi connectivity index (χ0n) is 9.73. The van der Waals surface area contributed by atoms with Gasteiger partial charge in [-0.3, -0.25) is 4.79 Å². The summed E-state index contributed by atoms with van der Waals surface area (Å²) in [6, 6.07) is 7.24. The zero-order chi connectivity index (χ0) is 13.2. The van der Waals surface area contributed by atoms with E-state index in [1.54, 1.807) is 12.1 Å². The molecule has 0 bridgehead atoms. The van der Waals surface area contributed by atoms with Gasteiger partial charge < -0.3 is 5.32 Å². The van der Waals surface area contributed by atoms with Gasteiger partial charge in [-0.05, 0) is 47.6 Å². The van der Waals surface area contributed by atoms with Gasteiger partial charge in [0.1, 0.15) is 0 Å². The molecule has 1 amide bonds. The van der Waals surface area contributed by atoms with E-state index >= 15 is 0 Å². The Morgan fingerprint density at radius 3 is 2.72 bits per heavy atom. The molecule has 98 valence electrons. The number of carbonyl (C=O) groups excluding carboxylic acids is 1. The maximum absolute atomic E-state index is 11.9. The number of carbonyl (C=O) groups is 1. The van der Waals surface area contributed by atoms with Crippen molar-refractivity contribution < 1.29 is 13.2 Å². The summed E-state index contributed by atoms with van der Waals surface area (Å²) in [4.78, 5) is 11.9. The van der Waals surface area contributed by atoms with Crippen molar-refractivity contribution in [3.05, 3.63) is 33.4 Å². The number of rotatable bonds is 3. The first-order valence-electron chi connectivity index (χ1n) is 5.75. The van der Waals surface area contributed by atoms with Gasteiger partial charge in [0.05, 0.1) is 16.6 Å². The lowest BCUT2D eigenvalue weighted by Gasteiger charge is -2.11. The van der Waals surface area contributed by atoms with Gasteiger partial charge in [-0.1, -0.05) is 12.1 Å². The summed E-state index contributed by atoms with van der Waals surface area (Å²) in [6.07, 6.45) is 1.35. The van der Waals surface area contributed by atoms with Crippen LogP contribution in [0.4, 0.5) is 0 Å². The van der Waals surface area contributed by atoms with Crippen molar-refractivity contribution in [2.24, 2.45) is 0 Å². The summed E-state index contributed by atoms with van der Waals surface area (Å²) < 4.78 is 24.1. The van der Waals surface area contributed by atoms with E-state index in [4.69, 9.17) is 0 Å². The van der Waals surface area contributed by atoms with Gasteiger partial charge in [0.25, 0.3) is 5.91 Å². The van der Waals surface area contributed by atoms with Crippen molar-refractivity contribution in [2.75, 3.05) is 12.3 Å². The Labute approximate surface area is 120 Å². The Morgan fingerprint density at radius 2 is 2.11 bits per heavy atom. The summed E-state index contributed by atoms with van der Waals surface area (Å²) in [7, 11) is -2.99. The second-order valence-corrected chi connectivity index (χ2v) is 7.88. The molecule has 4 nitrogen and oxygen atoms in total. The Balaban J connectivity index is 1.99. The number of sulfone groups is 1. The summed E-state index contributed by atoms with van der Waals surface area (Å²) in [5, 5.41) is 2.30. The van der Waals surface area contributed by atoms with E-state index in [1.165, 1.54) is 0 Å². The van der Waals surface area contributed by atoms with Crippen molar-refractivity contribution >= 4 is 38.3 Å². The predicted octanol–water partition coefficient (Wildman–Crippen LogP) is 1.60. The molecule has 0 aromatic heterocycles. The molecule has 0 spiro atoms. The number of halogens is 1. The average Bonchev–Trinajstić information content (AvgIpc) is 2.66. The van der Waals surface area contributed by atoms with Crippen LogP contribution in [-0.4, -0.2) is 31.9 Å². The van der Waals surface area contributed by atoms with E-state index in [9.17, 15) is 13.2 Å². The monoisotopic (exact) mass is 379 g/mol. The van der Waals surface area contributed by atoms with E-state index < -0.39 is 15.1 Å². The molecular formula is C12H14INO3S. The molecule has 0 saturated carbocycles. The van der Waals surface area contributed by atoms with Gasteiger partial charge in [0, 0.05) is 10.1 Å². The molecule has 1 aliphatic rings. The van der Waals surface area contributed by atoms with Gasteiger partial charge in [0.2, 0.25) is 0 Å². The topological polar surface area (TPSA) is 63.2 Å². The highest BCUT2D eigenvalue weighted by Crippen LogP contribution is 2.19. The second kappa shape index (κ2) is 5.56. The molecule has 18 heavy (non-hydrogen) atoms. The van der Waals surface area contributed by atoms with Crippen LogP contribution in [0.1, 0.15) is 23.2 Å². The molecule has 1 fully saturated rings. The van der Waals surface area contributed by atoms with Crippen LogP contribution in [0.15, 0.2) is 24.3 Å². The number of benzene rings is 1. The van der Waals surface area contributed by atoms with Crippen LogP contribution in [0.25, 0.3) is 0 Å². The summed E-state index contributed by atoms with van der Waals surface area (Å²) in [5.74, 6) is 0.0400. The molecule has 1 aromatic carbocycles. The minimum atomic E-state index is -2.99. The minimum Gasteiger partial charge on any atom is -0.351 e. The maximum atomic E-state index is 11.9. The van der Waals surface area contributed by atoms with Gasteiger partial charge in [-0.2, -0.15) is 0 Å². The van der Waals surface area contributed by atoms with Crippen molar-refractivity contribution in [3.8, 4) is 0 Å². The lowest BCUT2D eigenvalue weighted by atomic mass is 10.2. The van der Waals surface area contributed by atoms with Crippen molar-refractivity contribution in [1.82, 2.24) is 5.32 Å². The van der Waals surface area contributed by atoms with Gasteiger partial charge in [-0.25, -0.2) is 8.42 Å². The molecule has 1 aromatic rings. The van der Waals surface area contributed by atoms with E-state index in [2.05, 4.69) is 27.9 Å². The van der Waals surface area contributed by atoms with Crippen molar-refractivity contribution in [2.45, 2.75) is 18.1 Å². The number of amides is 1. The van der Waals surface area contributed by atoms with E-state index in [1.807, 2.05) is 12.1 Å². The highest BCUT2D eigenvalue weighted by Gasteiger charge is 2.31. The number of hydrogen-bond donors (Lipinski definition) is 1. The summed E-state index contributed by atoms with van der Waals surface area (Å²) in [6.45, 7) is 0.214. The standard InChI is InChI=1S/C12H14INO3S/c13-11-6-2-1-5-10(11)12(15)14-8-9-4-3-7-18(9,16)17/h1-2,5-6,9H,3-4,7-8H2,(H,14,15). The maximum Gasteiger partial charge on any atom is 0.252 e. The van der Waals surface area contributed by atoms with Gasteiger partial charge in [-0.15, -0.1) is 0 Å². The SMILES string of the molecule is O=C(NCC1CCCS1(=O)=O)c1ccccc1I. The summed E-state index contributed by atoms with van der Waals surface area (Å²) >= 11 is 2.09. The average molecular weight is 379 g/mol. The lowest BCUT2D eigenvalue weighted by Crippen LogP contribution is -2.34. The molecule has 0 radical (unpaired) electrons. The number of nitrogens with one attached hydrogen (secondary N) is 1. The smallest absolute Gasteiger partial charge is 0.252 e. The lowest BCUT2D eigenvalue weighted by molar-refractivity contribution is 0.0952. The highest BCUT2D eigenvalue weighted by molar-refractivity contribution is 14.1. The third-order valence-electron chi connectivity index (χ3n) is 3.07. The minimum absolute atomic E-state index is 0.206. The Kier molecular flexibility index (Phi) is 4.26. The Morgan fingerprint density at radius 1 is 1.39 bits per heavy atom. The summed E-state index contributed by atoms with van der Waals surface area (Å²) in [5.41, 5.74) is 0.591. The van der Waals surface area contributed by atoms with Crippen LogP contribution < -0.4 is 5.32 Å². The van der Waals surface area contributed by atoms with Gasteiger partial charge in [0.15, 0.2) is 9.84 Å². The molecule has 6 heteroatoms. The molecule has 1 atom stereocenters. The Bertz CT molecular complexity index is 556. The zero-order valence-corrected chi connectivity index (χ0v) is 12.7. The third kappa shape index (κ3) is 3.03. The largest absolute Gasteiger partial charge is 0.351 e. The van der Waals surface area contributed by atoms with E-state index in [-0.39, 0.29) is 18.2 Å². The molecule has 1 heterocycles. The third-order valence-corrected chi connectivity index (χ3v) is 6.29. The fourth-order valence-electron chi connectivity index (χ4n) is 2.03. The van der Waals surface area contributed by atoms with E-state index in [0.29, 0.717) is 18.4 Å². The quantitative estimate of drug-likeness (QED) is 0.812. The van der Waals surface area contributed by atoms with Crippen molar-refractivity contribution in [1.29, 1.82) is 0 Å². The van der Waals surface area contributed by atoms with Crippen LogP contribution in [0.2, 0.25) is 0 Å². The first-order valence-corrected chi connectivity index (χ1v) is 8.54. The van der Waals surface area contributed by atoms with E-state index in [0.717, 1.165) is 3.57 Å². The molecule has 2 rings (SSSR count). The van der Waals surface area contributed by atoms with Crippen molar-refractivity contribution in [3.63, 3.8) is 0 Å².